The highest BCUT2D eigenvalue weighted by Gasteiger charge is 2.48. The van der Waals surface area contributed by atoms with Gasteiger partial charge in [-0.05, 0) is 61.6 Å². The fourth-order valence-electron chi connectivity index (χ4n) is 7.56. The van der Waals surface area contributed by atoms with Gasteiger partial charge in [0.2, 0.25) is 0 Å². The van der Waals surface area contributed by atoms with Crippen LogP contribution < -0.4 is 9.64 Å². The maximum Gasteiger partial charge on any atom is 0.334 e. The van der Waals surface area contributed by atoms with Crippen molar-refractivity contribution in [1.82, 2.24) is 9.80 Å². The summed E-state index contributed by atoms with van der Waals surface area (Å²) in [6, 6.07) is 13.4. The minimum Gasteiger partial charge on any atom is -0.492 e. The zero-order valence-electron chi connectivity index (χ0n) is 26.7. The molecule has 2 aliphatic heterocycles. The van der Waals surface area contributed by atoms with Gasteiger partial charge in [-0.3, -0.25) is 29.5 Å². The number of hydrogen-bond donors (Lipinski definition) is 0. The number of benzene rings is 2. The largest absolute Gasteiger partial charge is 0.492 e. The molecule has 0 atom stereocenters. The molecule has 1 saturated heterocycles. The van der Waals surface area contributed by atoms with E-state index in [1.807, 2.05) is 49.1 Å². The Labute approximate surface area is 269 Å². The average molecular weight is 627 g/mol. The van der Waals surface area contributed by atoms with Crippen LogP contribution in [0.25, 0.3) is 0 Å². The Morgan fingerprint density at radius 2 is 1.43 bits per heavy atom. The number of fused-ring (bicyclic) bond motifs is 1. The number of imide groups is 2. The standard InChI is InChI=1S/C36H42N4O6/c1-36(2)30-24-27(40(44)45)18-20-31(30)37(22-23-46-28-16-10-5-11-17-28)32(36)21-19-29-33(41)38(25-12-6-3-7-13-25)35(43)39(34(29)42)26-14-8-4-9-15-26/h5,10-11,16-21,24-26H,3-4,6-9,12-15,22-23H2,1-2H3/b32-21+. The van der Waals surface area contributed by atoms with E-state index in [2.05, 4.69) is 0 Å². The molecule has 3 fully saturated rings. The number of nitro benzene ring substituents is 1. The fourth-order valence-corrected chi connectivity index (χ4v) is 7.56. The molecule has 0 spiro atoms. The summed E-state index contributed by atoms with van der Waals surface area (Å²) in [6.07, 6.45) is 12.3. The third-order valence-corrected chi connectivity index (χ3v) is 10.0. The minimum atomic E-state index is -0.687. The van der Waals surface area contributed by atoms with Crippen LogP contribution in [0.15, 0.2) is 72.0 Å². The summed E-state index contributed by atoms with van der Waals surface area (Å²) >= 11 is 0. The van der Waals surface area contributed by atoms with Crippen molar-refractivity contribution < 1.29 is 24.0 Å². The SMILES string of the molecule is CC1(C)/C(=C\C=C2C(=O)N(C3CCCCC3)C(=O)N(C3CCCCC3)C2=O)N(CCOc2ccccc2)c2ccc([N+](=O)[O-])cc21. The van der Waals surface area contributed by atoms with Gasteiger partial charge in [0.15, 0.2) is 0 Å². The van der Waals surface area contributed by atoms with Crippen LogP contribution in [-0.2, 0) is 15.0 Å². The second kappa shape index (κ2) is 13.1. The molecule has 0 radical (unpaired) electrons. The highest BCUT2D eigenvalue weighted by Crippen LogP contribution is 2.49. The van der Waals surface area contributed by atoms with E-state index in [-0.39, 0.29) is 23.3 Å². The lowest BCUT2D eigenvalue weighted by molar-refractivity contribution is -0.384. The predicted octanol–water partition coefficient (Wildman–Crippen LogP) is 7.04. The molecule has 6 rings (SSSR count). The summed E-state index contributed by atoms with van der Waals surface area (Å²) in [5.41, 5.74) is 1.65. The lowest BCUT2D eigenvalue weighted by atomic mass is 9.83. The van der Waals surface area contributed by atoms with Gasteiger partial charge >= 0.3 is 6.03 Å². The van der Waals surface area contributed by atoms with Crippen molar-refractivity contribution in [1.29, 1.82) is 0 Å². The van der Waals surface area contributed by atoms with E-state index in [1.165, 1.54) is 15.9 Å². The molecule has 4 aliphatic rings. The number of rotatable bonds is 8. The fraction of sp³-hybridized carbons (Fsp3) is 0.472. The van der Waals surface area contributed by atoms with Crippen LogP contribution in [0.4, 0.5) is 16.2 Å². The Morgan fingerprint density at radius 1 is 0.848 bits per heavy atom. The Bertz CT molecular complexity index is 1530. The number of amides is 4. The van der Waals surface area contributed by atoms with Crippen LogP contribution in [0.2, 0.25) is 0 Å². The molecule has 10 nitrogen and oxygen atoms in total. The summed E-state index contributed by atoms with van der Waals surface area (Å²) in [5, 5.41) is 11.7. The number of barbiturate groups is 1. The lowest BCUT2D eigenvalue weighted by Crippen LogP contribution is -2.62. The number of ether oxygens (including phenoxy) is 1. The number of carbonyl (C=O) groups excluding carboxylic acids is 3. The molecule has 2 aliphatic carbocycles. The van der Waals surface area contributed by atoms with Gasteiger partial charge in [-0.15, -0.1) is 0 Å². The quantitative estimate of drug-likeness (QED) is 0.134. The van der Waals surface area contributed by atoms with E-state index < -0.39 is 28.2 Å². The van der Waals surface area contributed by atoms with Crippen LogP contribution in [0.5, 0.6) is 5.75 Å². The molecule has 0 N–H and O–H groups in total. The maximum absolute atomic E-state index is 14.0. The van der Waals surface area contributed by atoms with Crippen molar-refractivity contribution in [2.45, 2.75) is 95.6 Å². The first kappa shape index (κ1) is 31.5. The highest BCUT2D eigenvalue weighted by molar-refractivity contribution is 6.29. The van der Waals surface area contributed by atoms with Gasteiger partial charge in [0.1, 0.15) is 17.9 Å². The van der Waals surface area contributed by atoms with Crippen molar-refractivity contribution in [3.63, 3.8) is 0 Å². The number of carbonyl (C=O) groups is 3. The monoisotopic (exact) mass is 626 g/mol. The lowest BCUT2D eigenvalue weighted by Gasteiger charge is -2.43. The zero-order chi connectivity index (χ0) is 32.4. The number of para-hydroxylation sites is 1. The van der Waals surface area contributed by atoms with Gasteiger partial charge in [0.25, 0.3) is 17.5 Å². The summed E-state index contributed by atoms with van der Waals surface area (Å²) in [6.45, 7) is 4.73. The van der Waals surface area contributed by atoms with Gasteiger partial charge in [-0.25, -0.2) is 4.79 Å². The molecule has 2 saturated carbocycles. The Balaban J connectivity index is 1.38. The molecule has 0 bridgehead atoms. The Hall–Kier alpha value is -4.47. The predicted molar refractivity (Wildman–Crippen MR) is 174 cm³/mol. The topological polar surface area (TPSA) is 113 Å². The summed E-state index contributed by atoms with van der Waals surface area (Å²) < 4.78 is 6.01. The van der Waals surface area contributed by atoms with E-state index >= 15 is 0 Å². The van der Waals surface area contributed by atoms with Crippen LogP contribution in [-0.4, -0.2) is 57.8 Å². The van der Waals surface area contributed by atoms with E-state index in [0.717, 1.165) is 86.9 Å². The summed E-state index contributed by atoms with van der Waals surface area (Å²) in [5.74, 6) is -0.339. The smallest absolute Gasteiger partial charge is 0.334 e. The molecule has 4 amide bonds. The molecular formula is C36H42N4O6. The van der Waals surface area contributed by atoms with Gasteiger partial charge in [0.05, 0.1) is 11.5 Å². The molecule has 2 heterocycles. The maximum atomic E-state index is 14.0. The van der Waals surface area contributed by atoms with Gasteiger partial charge in [0, 0.05) is 41.0 Å². The van der Waals surface area contributed by atoms with Crippen molar-refractivity contribution in [2.75, 3.05) is 18.1 Å². The summed E-state index contributed by atoms with van der Waals surface area (Å²) in [7, 11) is 0. The number of anilines is 1. The normalized spacial score (nSPS) is 21.6. The van der Waals surface area contributed by atoms with E-state index in [0.29, 0.717) is 13.2 Å². The number of nitro groups is 1. The third kappa shape index (κ3) is 5.92. The molecule has 0 aromatic heterocycles. The highest BCUT2D eigenvalue weighted by atomic mass is 16.6. The molecule has 2 aromatic carbocycles. The van der Waals surface area contributed by atoms with E-state index in [1.54, 1.807) is 24.3 Å². The van der Waals surface area contributed by atoms with E-state index in [4.69, 9.17) is 4.74 Å². The Kier molecular flexibility index (Phi) is 8.97. The molecule has 2 aromatic rings. The summed E-state index contributed by atoms with van der Waals surface area (Å²) in [4.78, 5) is 58.0. The van der Waals surface area contributed by atoms with Crippen molar-refractivity contribution >= 4 is 29.2 Å². The first-order chi connectivity index (χ1) is 22.2. The molecule has 10 heteroatoms. The van der Waals surface area contributed by atoms with Gasteiger partial charge in [-0.2, -0.15) is 0 Å². The number of urea groups is 1. The number of hydrogen-bond acceptors (Lipinski definition) is 7. The minimum absolute atomic E-state index is 0.00527. The zero-order valence-corrected chi connectivity index (χ0v) is 26.7. The van der Waals surface area contributed by atoms with E-state index in [9.17, 15) is 24.5 Å². The average Bonchev–Trinajstić information content (AvgIpc) is 3.27. The molecule has 242 valence electrons. The van der Waals surface area contributed by atoms with Crippen molar-refractivity contribution in [3.05, 3.63) is 87.6 Å². The van der Waals surface area contributed by atoms with Crippen molar-refractivity contribution in [2.24, 2.45) is 0 Å². The van der Waals surface area contributed by atoms with Crippen LogP contribution >= 0.6 is 0 Å². The molecular weight excluding hydrogens is 584 g/mol. The van der Waals surface area contributed by atoms with Gasteiger partial charge in [-0.1, -0.05) is 70.6 Å². The molecule has 46 heavy (non-hydrogen) atoms. The second-order valence-corrected chi connectivity index (χ2v) is 13.2. The number of non-ortho nitro benzene ring substituents is 1. The second-order valence-electron chi connectivity index (χ2n) is 13.2. The van der Waals surface area contributed by atoms with Crippen LogP contribution in [0.1, 0.15) is 83.6 Å². The first-order valence-electron chi connectivity index (χ1n) is 16.6. The first-order valence-corrected chi connectivity index (χ1v) is 16.6. The Morgan fingerprint density at radius 3 is 2.00 bits per heavy atom. The van der Waals surface area contributed by atoms with Crippen molar-refractivity contribution in [3.8, 4) is 5.75 Å². The van der Waals surface area contributed by atoms with Crippen LogP contribution in [0, 0.1) is 10.1 Å². The van der Waals surface area contributed by atoms with Gasteiger partial charge < -0.3 is 9.64 Å². The number of nitrogens with zero attached hydrogens (tertiary/aromatic N) is 4. The molecule has 0 unspecified atom stereocenters. The van der Waals surface area contributed by atoms with Crippen LogP contribution in [0.3, 0.4) is 0 Å². The third-order valence-electron chi connectivity index (χ3n) is 10.0. The number of allylic oxidation sites excluding steroid dienone is 3.